The van der Waals surface area contributed by atoms with Crippen molar-refractivity contribution in [1.82, 2.24) is 24.9 Å². The molecule has 0 saturated carbocycles. The third-order valence-corrected chi connectivity index (χ3v) is 9.84. The summed E-state index contributed by atoms with van der Waals surface area (Å²) in [7, 11) is -0.621. The molecule has 1 aliphatic heterocycles. The Balaban J connectivity index is 1.57. The topological polar surface area (TPSA) is 193 Å². The van der Waals surface area contributed by atoms with E-state index in [4.69, 9.17) is 19.3 Å². The summed E-state index contributed by atoms with van der Waals surface area (Å²) >= 11 is 0. The van der Waals surface area contributed by atoms with Crippen LogP contribution in [0.5, 0.6) is 0 Å². The summed E-state index contributed by atoms with van der Waals surface area (Å²) in [6.07, 6.45) is 32.5. The van der Waals surface area contributed by atoms with Gasteiger partial charge in [-0.3, -0.25) is 23.7 Å². The number of likely N-dealkylation sites (N-methyl/N-ethyl adjacent to an activating group) is 1. The minimum absolute atomic E-state index is 0.0192. The molecular weight excluding hydrogens is 711 g/mol. The van der Waals surface area contributed by atoms with Gasteiger partial charge in [-0.05, 0) is 64.4 Å². The van der Waals surface area contributed by atoms with E-state index in [-0.39, 0.29) is 25.5 Å². The molecule has 3 N–H and O–H groups in total. The number of aromatic nitrogens is 2. The molecule has 0 bridgehead atoms. The number of ether oxygens (including phenoxy) is 1. The van der Waals surface area contributed by atoms with Crippen LogP contribution in [0, 0.1) is 6.92 Å². The Morgan fingerprint density at radius 1 is 1.02 bits per heavy atom. The molecule has 4 atom stereocenters. The fourth-order valence-corrected chi connectivity index (χ4v) is 6.22. The fraction of sp³-hybridized carbons (Fsp3) is 0.553. The molecule has 2 unspecified atom stereocenters. The van der Waals surface area contributed by atoms with Crippen molar-refractivity contribution >= 4 is 13.7 Å². The molecule has 16 heteroatoms. The fourth-order valence-electron chi connectivity index (χ4n) is 5.18. The normalized spacial score (nSPS) is 19.0. The first kappa shape index (κ1) is 46.1. The number of carbonyl (C=O) groups excluding carboxylic acids is 1. The quantitative estimate of drug-likeness (QED) is 0.0287. The van der Waals surface area contributed by atoms with Crippen LogP contribution in [-0.2, 0) is 23.1 Å². The zero-order chi connectivity index (χ0) is 39.4. The van der Waals surface area contributed by atoms with E-state index in [0.29, 0.717) is 38.0 Å². The second-order valence-electron chi connectivity index (χ2n) is 12.6. The summed E-state index contributed by atoms with van der Waals surface area (Å²) in [5, 5.41) is 9.47. The van der Waals surface area contributed by atoms with Crippen molar-refractivity contribution in [2.45, 2.75) is 90.0 Å². The molecule has 54 heavy (non-hydrogen) atoms. The Hall–Kier alpha value is -4.07. The summed E-state index contributed by atoms with van der Waals surface area (Å²) in [6, 6.07) is -0.712. The Labute approximate surface area is 319 Å². The number of nitrogens with one attached hydrogen (secondary N) is 3. The average molecular weight is 771 g/mol. The summed E-state index contributed by atoms with van der Waals surface area (Å²) in [5.74, 6) is -0.0192. The van der Waals surface area contributed by atoms with Gasteiger partial charge >= 0.3 is 13.4 Å². The standard InChI is InChI=1S/C38H59N8O7P/c1-5-6-7-8-9-10-11-12-13-14-15-16-17-18-19-20-21-22-23-24-35(47)40-25-27-45(3)28-26-41-54(50,51-4)52-31-34-33(43-44-39)29-36(53-34)46-30-32(2)37(48)42-38(46)49/h6-7,9-10,12-13,15-16,18-19,21-22,30,33-34,36H,5,8,11,14,17,20,23-29,31H2,1-4H3,(H,40,47)(H,41,50)(H,42,48,49)/b7-6-,10-9-,13-12-,16-15-,19-18-,22-21-/t33-,34+,36?,54?/m0/s1. The van der Waals surface area contributed by atoms with Gasteiger partial charge < -0.3 is 19.5 Å². The first-order valence-electron chi connectivity index (χ1n) is 18.5. The van der Waals surface area contributed by atoms with Crippen LogP contribution >= 0.6 is 7.75 Å². The molecule has 298 valence electrons. The van der Waals surface area contributed by atoms with Gasteiger partial charge in [0.05, 0.1) is 18.8 Å². The van der Waals surface area contributed by atoms with Crippen LogP contribution in [0.4, 0.5) is 0 Å². The monoisotopic (exact) mass is 770 g/mol. The number of hydrogen-bond acceptors (Lipinski definition) is 9. The summed E-state index contributed by atoms with van der Waals surface area (Å²) in [5.41, 5.74) is 8.18. The number of nitrogens with zero attached hydrogens (tertiary/aromatic N) is 5. The van der Waals surface area contributed by atoms with Crippen molar-refractivity contribution in [3.63, 3.8) is 0 Å². The van der Waals surface area contributed by atoms with Crippen LogP contribution in [0.1, 0.15) is 76.5 Å². The smallest absolute Gasteiger partial charge is 0.355 e. The van der Waals surface area contributed by atoms with Gasteiger partial charge in [-0.1, -0.05) is 85.0 Å². The molecule has 1 amide bonds. The third-order valence-electron chi connectivity index (χ3n) is 8.26. The molecule has 0 aromatic carbocycles. The van der Waals surface area contributed by atoms with Crippen LogP contribution in [0.2, 0.25) is 0 Å². The average Bonchev–Trinajstić information content (AvgIpc) is 3.55. The number of rotatable bonds is 27. The highest BCUT2D eigenvalue weighted by atomic mass is 31.2. The first-order valence-corrected chi connectivity index (χ1v) is 20.1. The van der Waals surface area contributed by atoms with Crippen LogP contribution in [0.15, 0.2) is 93.8 Å². The number of aromatic amines is 1. The molecule has 1 aromatic rings. The minimum Gasteiger partial charge on any atom is -0.355 e. The molecule has 1 saturated heterocycles. The Kier molecular flexibility index (Phi) is 23.5. The lowest BCUT2D eigenvalue weighted by molar-refractivity contribution is -0.121. The summed E-state index contributed by atoms with van der Waals surface area (Å²) in [6.45, 7) is 5.26. The van der Waals surface area contributed by atoms with E-state index in [9.17, 15) is 18.9 Å². The second kappa shape index (κ2) is 27.5. The third kappa shape index (κ3) is 19.3. The zero-order valence-corrected chi connectivity index (χ0v) is 33.1. The SMILES string of the molecule is CC/C=C\C/C=C\C/C=C\C/C=C\C/C=C\C/C=C\CCC(=O)NCCN(C)CCNP(=O)(OC)OC[C@H]1OC(n2cc(C)c(=O)[nH]c2=O)C[C@@H]1N=[N+]=[N-]. The maximum Gasteiger partial charge on any atom is 0.405 e. The number of carbonyl (C=O) groups is 1. The molecule has 15 nitrogen and oxygen atoms in total. The zero-order valence-electron chi connectivity index (χ0n) is 32.2. The van der Waals surface area contributed by atoms with E-state index in [0.717, 1.165) is 38.5 Å². The number of allylic oxidation sites excluding steroid dienone is 12. The van der Waals surface area contributed by atoms with Gasteiger partial charge in [0.2, 0.25) is 5.91 Å². The van der Waals surface area contributed by atoms with Crippen molar-refractivity contribution in [3.8, 4) is 0 Å². The highest BCUT2D eigenvalue weighted by Gasteiger charge is 2.38. The number of amides is 1. The van der Waals surface area contributed by atoms with Crippen LogP contribution in [-0.4, -0.2) is 79.4 Å². The van der Waals surface area contributed by atoms with Gasteiger partial charge in [-0.15, -0.1) is 0 Å². The predicted molar refractivity (Wildman–Crippen MR) is 214 cm³/mol. The van der Waals surface area contributed by atoms with E-state index in [2.05, 4.69) is 99.2 Å². The van der Waals surface area contributed by atoms with Crippen molar-refractivity contribution in [2.75, 3.05) is 46.9 Å². The molecule has 2 heterocycles. The lowest BCUT2D eigenvalue weighted by atomic mass is 10.1. The lowest BCUT2D eigenvalue weighted by Crippen LogP contribution is -2.36. The Bertz CT molecular complexity index is 1660. The molecule has 0 radical (unpaired) electrons. The van der Waals surface area contributed by atoms with E-state index >= 15 is 0 Å². The summed E-state index contributed by atoms with van der Waals surface area (Å²) in [4.78, 5) is 43.4. The van der Waals surface area contributed by atoms with Gasteiger partial charge in [0.1, 0.15) is 6.23 Å². The Morgan fingerprint density at radius 3 is 2.17 bits per heavy atom. The minimum atomic E-state index is -3.75. The van der Waals surface area contributed by atoms with Crippen molar-refractivity contribution in [2.24, 2.45) is 5.11 Å². The molecule has 1 aliphatic rings. The van der Waals surface area contributed by atoms with Crippen molar-refractivity contribution in [3.05, 3.63) is 116 Å². The van der Waals surface area contributed by atoms with E-state index < -0.39 is 37.4 Å². The number of H-pyrrole nitrogens is 1. The highest BCUT2D eigenvalue weighted by molar-refractivity contribution is 7.51. The van der Waals surface area contributed by atoms with E-state index in [1.165, 1.54) is 17.9 Å². The van der Waals surface area contributed by atoms with Crippen LogP contribution < -0.4 is 21.7 Å². The lowest BCUT2D eigenvalue weighted by Gasteiger charge is -2.23. The highest BCUT2D eigenvalue weighted by Crippen LogP contribution is 2.43. The summed E-state index contributed by atoms with van der Waals surface area (Å²) < 4.78 is 31.0. The van der Waals surface area contributed by atoms with E-state index in [1.807, 2.05) is 18.0 Å². The maximum atomic E-state index is 13.2. The molecule has 0 aliphatic carbocycles. The van der Waals surface area contributed by atoms with E-state index in [1.54, 1.807) is 6.92 Å². The number of azide groups is 1. The predicted octanol–water partition coefficient (Wildman–Crippen LogP) is 6.70. The number of aryl methyl sites for hydroxylation is 1. The van der Waals surface area contributed by atoms with Gasteiger partial charge in [0, 0.05) is 62.8 Å². The van der Waals surface area contributed by atoms with Crippen molar-refractivity contribution < 1.29 is 23.1 Å². The first-order chi connectivity index (χ1) is 26.1. The molecule has 0 spiro atoms. The Morgan fingerprint density at radius 2 is 1.59 bits per heavy atom. The second-order valence-corrected chi connectivity index (χ2v) is 14.5. The molecule has 1 aromatic heterocycles. The van der Waals surface area contributed by atoms with Crippen LogP contribution in [0.3, 0.4) is 0 Å². The van der Waals surface area contributed by atoms with Gasteiger partial charge in [-0.2, -0.15) is 0 Å². The molecular formula is C38H59N8O7P. The van der Waals surface area contributed by atoms with Gasteiger partial charge in [0.25, 0.3) is 5.56 Å². The largest absolute Gasteiger partial charge is 0.405 e. The number of hydrogen-bond donors (Lipinski definition) is 3. The molecule has 1 fully saturated rings. The van der Waals surface area contributed by atoms with Gasteiger partial charge in [-0.25, -0.2) is 14.4 Å². The molecule has 2 rings (SSSR count). The van der Waals surface area contributed by atoms with Crippen LogP contribution in [0.25, 0.3) is 10.4 Å². The maximum absolute atomic E-state index is 13.2. The van der Waals surface area contributed by atoms with Gasteiger partial charge in [0.15, 0.2) is 0 Å². The van der Waals surface area contributed by atoms with Crippen molar-refractivity contribution in [1.29, 1.82) is 0 Å².